The fourth-order valence-electron chi connectivity index (χ4n) is 4.12. The second-order valence-corrected chi connectivity index (χ2v) is 11.6. The van der Waals surface area contributed by atoms with Crippen LogP contribution in [0.15, 0.2) is 71.6 Å². The summed E-state index contributed by atoms with van der Waals surface area (Å²) in [5, 5.41) is 4.71. The molecule has 0 bridgehead atoms. The van der Waals surface area contributed by atoms with E-state index in [1.807, 2.05) is 76.2 Å². The molecule has 198 valence electrons. The van der Waals surface area contributed by atoms with Crippen molar-refractivity contribution >= 4 is 32.6 Å². The summed E-state index contributed by atoms with van der Waals surface area (Å²) >= 11 is 0. The van der Waals surface area contributed by atoms with Crippen LogP contribution in [-0.2, 0) is 26.2 Å². The lowest BCUT2D eigenvalue weighted by Crippen LogP contribution is -2.53. The van der Waals surface area contributed by atoms with Crippen LogP contribution >= 0.6 is 0 Å². The number of fused-ring (bicyclic) bond motifs is 1. The molecule has 0 aliphatic heterocycles. The van der Waals surface area contributed by atoms with Crippen LogP contribution in [0.3, 0.4) is 0 Å². The molecule has 3 aromatic rings. The van der Waals surface area contributed by atoms with Gasteiger partial charge in [-0.2, -0.15) is 4.31 Å². The minimum absolute atomic E-state index is 0.0335. The van der Waals surface area contributed by atoms with Gasteiger partial charge in [0, 0.05) is 19.6 Å². The van der Waals surface area contributed by atoms with E-state index < -0.39 is 22.0 Å². The third kappa shape index (κ3) is 6.96. The van der Waals surface area contributed by atoms with Crippen molar-refractivity contribution < 1.29 is 18.0 Å². The van der Waals surface area contributed by atoms with Crippen molar-refractivity contribution in [3.8, 4) is 0 Å². The first-order chi connectivity index (χ1) is 17.6. The largest absolute Gasteiger partial charge is 0.352 e. The zero-order valence-corrected chi connectivity index (χ0v) is 23.1. The van der Waals surface area contributed by atoms with Gasteiger partial charge in [0.2, 0.25) is 21.8 Å². The first-order valence-electron chi connectivity index (χ1n) is 12.7. The van der Waals surface area contributed by atoms with Gasteiger partial charge in [0.25, 0.3) is 0 Å². The third-order valence-electron chi connectivity index (χ3n) is 6.65. The van der Waals surface area contributed by atoms with Crippen LogP contribution < -0.4 is 5.32 Å². The molecular weight excluding hydrogens is 486 g/mol. The Hall–Kier alpha value is -3.23. The lowest BCUT2D eigenvalue weighted by molar-refractivity contribution is -0.141. The highest BCUT2D eigenvalue weighted by molar-refractivity contribution is 7.89. The molecule has 0 fully saturated rings. The first-order valence-corrected chi connectivity index (χ1v) is 14.1. The van der Waals surface area contributed by atoms with E-state index in [2.05, 4.69) is 5.32 Å². The molecule has 2 amide bonds. The van der Waals surface area contributed by atoms with E-state index >= 15 is 0 Å². The molecule has 0 aliphatic rings. The van der Waals surface area contributed by atoms with Crippen LogP contribution in [0.5, 0.6) is 0 Å². The monoisotopic (exact) mass is 523 g/mol. The Morgan fingerprint density at radius 2 is 1.57 bits per heavy atom. The molecule has 37 heavy (non-hydrogen) atoms. The molecule has 7 nitrogen and oxygen atoms in total. The van der Waals surface area contributed by atoms with E-state index in [9.17, 15) is 18.0 Å². The van der Waals surface area contributed by atoms with Gasteiger partial charge < -0.3 is 10.2 Å². The van der Waals surface area contributed by atoms with Crippen molar-refractivity contribution in [1.82, 2.24) is 14.5 Å². The fourth-order valence-corrected chi connectivity index (χ4v) is 5.28. The highest BCUT2D eigenvalue weighted by Crippen LogP contribution is 2.22. The normalized spacial score (nSPS) is 13.4. The number of nitrogens with one attached hydrogen (secondary N) is 1. The topological polar surface area (TPSA) is 86.8 Å². The summed E-state index contributed by atoms with van der Waals surface area (Å²) in [5.74, 6) is -0.670. The Bertz CT molecular complexity index is 1340. The van der Waals surface area contributed by atoms with Gasteiger partial charge in [0.05, 0.1) is 11.4 Å². The predicted octanol–water partition coefficient (Wildman–Crippen LogP) is 4.49. The fraction of sp³-hybridized carbons (Fsp3) is 0.379. The number of aryl methyl sites for hydroxylation is 1. The molecule has 3 aromatic carbocycles. The Balaban J connectivity index is 1.88. The molecule has 0 saturated heterocycles. The zero-order valence-electron chi connectivity index (χ0n) is 22.3. The number of amides is 2. The van der Waals surface area contributed by atoms with Crippen molar-refractivity contribution in [3.05, 3.63) is 77.9 Å². The molecule has 0 aromatic heterocycles. The summed E-state index contributed by atoms with van der Waals surface area (Å²) in [4.78, 5) is 28.4. The Kier molecular flexibility index (Phi) is 9.45. The molecule has 1 N–H and O–H groups in total. The second-order valence-electron chi connectivity index (χ2n) is 9.52. The summed E-state index contributed by atoms with van der Waals surface area (Å²) in [7, 11) is -2.53. The van der Waals surface area contributed by atoms with E-state index in [0.717, 1.165) is 32.6 Å². The zero-order chi connectivity index (χ0) is 27.2. The number of benzene rings is 3. The van der Waals surface area contributed by atoms with Crippen molar-refractivity contribution in [3.63, 3.8) is 0 Å². The quantitative estimate of drug-likeness (QED) is 0.401. The first kappa shape index (κ1) is 28.3. The van der Waals surface area contributed by atoms with Gasteiger partial charge in [-0.1, -0.05) is 74.0 Å². The maximum Gasteiger partial charge on any atom is 0.243 e. The maximum absolute atomic E-state index is 13.6. The van der Waals surface area contributed by atoms with Crippen LogP contribution in [0.2, 0.25) is 0 Å². The molecule has 3 rings (SSSR count). The van der Waals surface area contributed by atoms with Gasteiger partial charge >= 0.3 is 0 Å². The van der Waals surface area contributed by atoms with Crippen LogP contribution in [-0.4, -0.2) is 55.1 Å². The predicted molar refractivity (Wildman–Crippen MR) is 147 cm³/mol. The summed E-state index contributed by atoms with van der Waals surface area (Å²) in [6.07, 6.45) is 1.17. The number of likely N-dealkylation sites (N-methyl/N-ethyl adjacent to an activating group) is 1. The standard InChI is InChI=1S/C29H37N3O4S/c1-6-22(4)30-29(34)27(7-2)32(19-23-14-12-21(3)13-15-23)28(33)20-31(5)37(35,36)26-17-16-24-10-8-9-11-25(24)18-26/h8-18,22,27H,6-7,19-20H2,1-5H3,(H,30,34)/t22-,27-/m0/s1. The average molecular weight is 524 g/mol. The van der Waals surface area contributed by atoms with E-state index in [-0.39, 0.29) is 29.9 Å². The number of hydrogen-bond acceptors (Lipinski definition) is 4. The van der Waals surface area contributed by atoms with E-state index in [1.54, 1.807) is 18.2 Å². The molecule has 2 atom stereocenters. The third-order valence-corrected chi connectivity index (χ3v) is 8.45. The number of carbonyl (C=O) groups excluding carboxylic acids is 2. The highest BCUT2D eigenvalue weighted by Gasteiger charge is 2.32. The van der Waals surface area contributed by atoms with Crippen LogP contribution in [0, 0.1) is 6.92 Å². The van der Waals surface area contributed by atoms with Crippen LogP contribution in [0.1, 0.15) is 44.7 Å². The summed E-state index contributed by atoms with van der Waals surface area (Å²) in [5.41, 5.74) is 1.96. The highest BCUT2D eigenvalue weighted by atomic mass is 32.2. The number of hydrogen-bond donors (Lipinski definition) is 1. The van der Waals surface area contributed by atoms with E-state index in [0.29, 0.717) is 6.42 Å². The molecule has 0 saturated carbocycles. The Labute approximate surface area is 220 Å². The SMILES string of the molecule is CC[C@H](C)NC(=O)[C@H](CC)N(Cc1ccc(C)cc1)C(=O)CN(C)S(=O)(=O)c1ccc2ccccc2c1. The smallest absolute Gasteiger partial charge is 0.243 e. The van der Waals surface area contributed by atoms with Gasteiger partial charge in [-0.15, -0.1) is 0 Å². The Morgan fingerprint density at radius 3 is 2.19 bits per heavy atom. The molecule has 0 spiro atoms. The average Bonchev–Trinajstić information content (AvgIpc) is 2.89. The minimum atomic E-state index is -3.93. The van der Waals surface area contributed by atoms with Crippen molar-refractivity contribution in [2.24, 2.45) is 0 Å². The number of rotatable bonds is 11. The van der Waals surface area contributed by atoms with Crippen LogP contribution in [0.25, 0.3) is 10.8 Å². The molecule has 8 heteroatoms. The number of sulfonamides is 1. The molecule has 0 unspecified atom stereocenters. The summed E-state index contributed by atoms with van der Waals surface area (Å²) in [6, 6.07) is 19.4. The molecule has 0 aliphatic carbocycles. The van der Waals surface area contributed by atoms with E-state index in [4.69, 9.17) is 0 Å². The molecule has 0 heterocycles. The van der Waals surface area contributed by atoms with Gasteiger partial charge in [-0.05, 0) is 55.2 Å². The van der Waals surface area contributed by atoms with E-state index in [1.165, 1.54) is 11.9 Å². The van der Waals surface area contributed by atoms with Gasteiger partial charge in [-0.3, -0.25) is 9.59 Å². The maximum atomic E-state index is 13.6. The van der Waals surface area contributed by atoms with Crippen LogP contribution in [0.4, 0.5) is 0 Å². The van der Waals surface area contributed by atoms with Gasteiger partial charge in [-0.25, -0.2) is 8.42 Å². The Morgan fingerprint density at radius 1 is 0.919 bits per heavy atom. The lowest BCUT2D eigenvalue weighted by Gasteiger charge is -2.32. The van der Waals surface area contributed by atoms with Crippen molar-refractivity contribution in [2.45, 2.75) is 64.1 Å². The molecular formula is C29H37N3O4S. The van der Waals surface area contributed by atoms with Crippen molar-refractivity contribution in [1.29, 1.82) is 0 Å². The minimum Gasteiger partial charge on any atom is -0.352 e. The van der Waals surface area contributed by atoms with Gasteiger partial charge in [0.1, 0.15) is 6.04 Å². The second kappa shape index (κ2) is 12.3. The molecule has 0 radical (unpaired) electrons. The lowest BCUT2D eigenvalue weighted by atomic mass is 10.1. The van der Waals surface area contributed by atoms with Crippen molar-refractivity contribution in [2.75, 3.05) is 13.6 Å². The summed E-state index contributed by atoms with van der Waals surface area (Å²) < 4.78 is 27.8. The number of nitrogens with zero attached hydrogens (tertiary/aromatic N) is 2. The summed E-state index contributed by atoms with van der Waals surface area (Å²) in [6.45, 7) is 7.55. The van der Waals surface area contributed by atoms with Gasteiger partial charge in [0.15, 0.2) is 0 Å². The number of carbonyl (C=O) groups is 2.